The van der Waals surface area contributed by atoms with Gasteiger partial charge < -0.3 is 10.2 Å². The van der Waals surface area contributed by atoms with E-state index in [0.29, 0.717) is 22.3 Å². The molecule has 0 aliphatic carbocycles. The molecule has 1 aliphatic heterocycles. The predicted octanol–water partition coefficient (Wildman–Crippen LogP) is 5.11. The second-order valence-corrected chi connectivity index (χ2v) is 9.80. The average Bonchev–Trinajstić information content (AvgIpc) is 2.83. The fourth-order valence-corrected chi connectivity index (χ4v) is 4.84. The van der Waals surface area contributed by atoms with E-state index in [9.17, 15) is 14.9 Å². The molecule has 1 N–H and O–H groups in total. The summed E-state index contributed by atoms with van der Waals surface area (Å²) in [6, 6.07) is 14.0. The number of para-hydroxylation sites is 1. The number of piperidine rings is 1. The molecule has 1 fully saturated rings. The second-order valence-electron chi connectivity index (χ2n) is 8.28. The van der Waals surface area contributed by atoms with Crippen molar-refractivity contribution in [1.29, 1.82) is 0 Å². The number of benzene rings is 2. The molecule has 1 aliphatic rings. The highest BCUT2D eigenvalue weighted by Crippen LogP contribution is 2.18. The molecule has 0 aromatic heterocycles. The van der Waals surface area contributed by atoms with Gasteiger partial charge in [-0.05, 0) is 63.0 Å². The molecule has 9 heteroatoms. The minimum Gasteiger partial charge on any atom is -0.305 e. The molecule has 2 aromatic carbocycles. The number of likely N-dealkylation sites (tertiary alicyclic amines) is 1. The number of halogens is 1. The Hall–Kier alpha value is -2.42. The highest BCUT2D eigenvalue weighted by molar-refractivity contribution is 8.13. The smallest absolute Gasteiger partial charge is 0.273 e. The van der Waals surface area contributed by atoms with Crippen LogP contribution in [0.2, 0.25) is 5.02 Å². The summed E-state index contributed by atoms with van der Waals surface area (Å²) in [5.41, 5.74) is 1.46. The second kappa shape index (κ2) is 14.1. The quantitative estimate of drug-likeness (QED) is 0.160. The van der Waals surface area contributed by atoms with Crippen molar-refractivity contribution in [2.24, 2.45) is 4.99 Å². The molecule has 0 radical (unpaired) electrons. The predicted molar refractivity (Wildman–Crippen MR) is 140 cm³/mol. The molecule has 1 saturated heterocycles. The molecular formula is C25H31ClN4O3S. The van der Waals surface area contributed by atoms with Crippen LogP contribution in [0.25, 0.3) is 0 Å². The lowest BCUT2D eigenvalue weighted by atomic mass is 10.1. The number of hydrogen-bond acceptors (Lipinski definition) is 6. The zero-order valence-corrected chi connectivity index (χ0v) is 20.8. The van der Waals surface area contributed by atoms with Gasteiger partial charge in [-0.25, -0.2) is 0 Å². The summed E-state index contributed by atoms with van der Waals surface area (Å²) in [6.07, 6.45) is 5.54. The van der Waals surface area contributed by atoms with E-state index in [0.717, 1.165) is 30.7 Å². The van der Waals surface area contributed by atoms with Crippen LogP contribution < -0.4 is 5.32 Å². The molecule has 7 nitrogen and oxygen atoms in total. The Morgan fingerprint density at radius 2 is 1.85 bits per heavy atom. The molecule has 182 valence electrons. The summed E-state index contributed by atoms with van der Waals surface area (Å²) in [6.45, 7) is 3.91. The average molecular weight is 503 g/mol. The standard InChI is InChI=1S/C25H31ClN4O3S/c26-22-11-9-20(10-12-22)13-14-27-25(34-18-6-17-29-15-4-1-5-16-29)28-24(31)19-21-7-2-3-8-23(21)30(32)33/h2-3,7-12H,1,4-6,13-19H2,(H,27,28,31). The summed E-state index contributed by atoms with van der Waals surface area (Å²) in [7, 11) is 0. The topological polar surface area (TPSA) is 87.8 Å². The maximum atomic E-state index is 12.7. The van der Waals surface area contributed by atoms with Crippen molar-refractivity contribution in [2.75, 3.05) is 31.9 Å². The van der Waals surface area contributed by atoms with Crippen molar-refractivity contribution in [3.63, 3.8) is 0 Å². The zero-order valence-electron chi connectivity index (χ0n) is 19.2. The van der Waals surface area contributed by atoms with Gasteiger partial charge in [0.25, 0.3) is 5.69 Å². The molecule has 0 bridgehead atoms. The number of nitro groups is 1. The Morgan fingerprint density at radius 3 is 2.59 bits per heavy atom. The van der Waals surface area contributed by atoms with Crippen LogP contribution in [0.4, 0.5) is 5.69 Å². The van der Waals surface area contributed by atoms with E-state index in [1.165, 1.54) is 50.2 Å². The number of carbonyl (C=O) groups is 1. The van der Waals surface area contributed by atoms with E-state index in [1.807, 2.05) is 24.3 Å². The van der Waals surface area contributed by atoms with E-state index in [1.54, 1.807) is 18.2 Å². The van der Waals surface area contributed by atoms with Gasteiger partial charge in [-0.3, -0.25) is 19.9 Å². The van der Waals surface area contributed by atoms with Gasteiger partial charge in [0.15, 0.2) is 5.17 Å². The van der Waals surface area contributed by atoms with Gasteiger partial charge in [0.2, 0.25) is 5.91 Å². The number of amidine groups is 1. The minimum atomic E-state index is -0.459. The lowest BCUT2D eigenvalue weighted by Gasteiger charge is -2.26. The molecule has 0 saturated carbocycles. The summed E-state index contributed by atoms with van der Waals surface area (Å²) in [5, 5.41) is 15.4. The molecule has 1 heterocycles. The van der Waals surface area contributed by atoms with Gasteiger partial charge in [-0.1, -0.05) is 60.1 Å². The Balaban J connectivity index is 1.56. The van der Waals surface area contributed by atoms with E-state index < -0.39 is 4.92 Å². The minimum absolute atomic E-state index is 0.0481. The number of carbonyl (C=O) groups excluding carboxylic acids is 1. The van der Waals surface area contributed by atoms with Gasteiger partial charge in [0, 0.05) is 29.0 Å². The van der Waals surface area contributed by atoms with Crippen LogP contribution in [-0.4, -0.2) is 52.8 Å². The zero-order chi connectivity index (χ0) is 24.2. The number of aliphatic imine (C=N–C) groups is 1. The first-order valence-electron chi connectivity index (χ1n) is 11.7. The number of hydrogen-bond donors (Lipinski definition) is 1. The Bertz CT molecular complexity index is 978. The van der Waals surface area contributed by atoms with Crippen LogP contribution in [0, 0.1) is 10.1 Å². The molecule has 34 heavy (non-hydrogen) atoms. The first kappa shape index (κ1) is 26.2. The highest BCUT2D eigenvalue weighted by Gasteiger charge is 2.17. The summed E-state index contributed by atoms with van der Waals surface area (Å²) in [5.74, 6) is 0.547. The molecule has 1 amide bonds. The molecule has 3 rings (SSSR count). The maximum Gasteiger partial charge on any atom is 0.273 e. The lowest BCUT2D eigenvalue weighted by molar-refractivity contribution is -0.385. The van der Waals surface area contributed by atoms with E-state index in [-0.39, 0.29) is 18.0 Å². The maximum absolute atomic E-state index is 12.7. The number of nitrogens with zero attached hydrogens (tertiary/aromatic N) is 3. The lowest BCUT2D eigenvalue weighted by Crippen LogP contribution is -2.32. The molecule has 0 atom stereocenters. The number of rotatable bonds is 10. The summed E-state index contributed by atoms with van der Waals surface area (Å²) in [4.78, 5) is 30.6. The first-order valence-corrected chi connectivity index (χ1v) is 13.0. The monoisotopic (exact) mass is 502 g/mol. The van der Waals surface area contributed by atoms with E-state index >= 15 is 0 Å². The number of thioether (sulfide) groups is 1. The number of nitro benzene ring substituents is 1. The van der Waals surface area contributed by atoms with Crippen LogP contribution in [-0.2, 0) is 17.6 Å². The third kappa shape index (κ3) is 9.08. The van der Waals surface area contributed by atoms with E-state index in [4.69, 9.17) is 11.6 Å². The molecule has 2 aromatic rings. The third-order valence-electron chi connectivity index (χ3n) is 5.66. The Kier molecular flexibility index (Phi) is 10.9. The number of amides is 1. The summed E-state index contributed by atoms with van der Waals surface area (Å²) >= 11 is 7.49. The van der Waals surface area contributed by atoms with Gasteiger partial charge in [0.05, 0.1) is 11.3 Å². The van der Waals surface area contributed by atoms with Gasteiger partial charge in [0.1, 0.15) is 0 Å². The fourth-order valence-electron chi connectivity index (χ4n) is 3.87. The fraction of sp³-hybridized carbons (Fsp3) is 0.440. The third-order valence-corrected chi connectivity index (χ3v) is 6.91. The molecule has 0 unspecified atom stereocenters. The van der Waals surface area contributed by atoms with Gasteiger partial charge >= 0.3 is 0 Å². The van der Waals surface area contributed by atoms with Gasteiger partial charge in [-0.15, -0.1) is 0 Å². The highest BCUT2D eigenvalue weighted by atomic mass is 35.5. The van der Waals surface area contributed by atoms with Crippen molar-refractivity contribution in [2.45, 2.75) is 38.5 Å². The van der Waals surface area contributed by atoms with Crippen LogP contribution >= 0.6 is 23.4 Å². The van der Waals surface area contributed by atoms with Crippen molar-refractivity contribution < 1.29 is 9.72 Å². The van der Waals surface area contributed by atoms with Crippen LogP contribution in [0.5, 0.6) is 0 Å². The van der Waals surface area contributed by atoms with Gasteiger partial charge in [-0.2, -0.15) is 0 Å². The van der Waals surface area contributed by atoms with E-state index in [2.05, 4.69) is 15.2 Å². The Morgan fingerprint density at radius 1 is 1.12 bits per heavy atom. The van der Waals surface area contributed by atoms with Crippen molar-refractivity contribution in [3.8, 4) is 0 Å². The number of nitrogens with one attached hydrogen (secondary N) is 1. The summed E-state index contributed by atoms with van der Waals surface area (Å²) < 4.78 is 0. The van der Waals surface area contributed by atoms with Crippen molar-refractivity contribution >= 4 is 40.1 Å². The van der Waals surface area contributed by atoms with Crippen molar-refractivity contribution in [1.82, 2.24) is 10.2 Å². The molecule has 0 spiro atoms. The normalized spacial score (nSPS) is 14.7. The van der Waals surface area contributed by atoms with Crippen LogP contribution in [0.3, 0.4) is 0 Å². The SMILES string of the molecule is O=C(Cc1ccccc1[N+](=O)[O-])NC(=NCCc1ccc(Cl)cc1)SCCCN1CCCCC1. The Labute approximate surface area is 210 Å². The van der Waals surface area contributed by atoms with Crippen LogP contribution in [0.15, 0.2) is 53.5 Å². The molecular weight excluding hydrogens is 472 g/mol. The van der Waals surface area contributed by atoms with Crippen molar-refractivity contribution in [3.05, 3.63) is 74.8 Å². The van der Waals surface area contributed by atoms with Crippen LogP contribution in [0.1, 0.15) is 36.8 Å². The first-order chi connectivity index (χ1) is 16.5. The largest absolute Gasteiger partial charge is 0.305 e.